The number of nitrogens with two attached hydrogens (primary N) is 2. The number of halogens is 2. The molecule has 4 N–H and O–H groups in total. The molecular weight excluding hydrogens is 795 g/mol. The molecule has 2 atom stereocenters. The van der Waals surface area contributed by atoms with Gasteiger partial charge in [-0.1, -0.05) is 109 Å². The first-order valence-corrected chi connectivity index (χ1v) is 22.4. The third kappa shape index (κ3) is 12.2. The third-order valence-corrected chi connectivity index (χ3v) is 12.0. The number of guanidine groups is 2. The van der Waals surface area contributed by atoms with E-state index < -0.39 is 0 Å². The van der Waals surface area contributed by atoms with Gasteiger partial charge in [0, 0.05) is 80.8 Å². The van der Waals surface area contributed by atoms with Crippen molar-refractivity contribution in [2.24, 2.45) is 21.5 Å². The Balaban J connectivity index is 0.000000189. The molecule has 0 radical (unpaired) electrons. The normalized spacial score (nSPS) is 15.7. The van der Waals surface area contributed by atoms with Crippen LogP contribution in [0.2, 0.25) is 0 Å². The molecule has 6 aromatic rings. The van der Waals surface area contributed by atoms with Crippen molar-refractivity contribution < 1.29 is 17.8 Å². The van der Waals surface area contributed by atoms with Gasteiger partial charge >= 0.3 is 0 Å². The predicted octanol–water partition coefficient (Wildman–Crippen LogP) is 10.3. The van der Waals surface area contributed by atoms with Crippen molar-refractivity contribution in [2.75, 3.05) is 39.3 Å². The molecule has 0 aliphatic carbocycles. The Morgan fingerprint density at radius 1 is 0.571 bits per heavy atom. The fourth-order valence-corrected chi connectivity index (χ4v) is 8.12. The van der Waals surface area contributed by atoms with Crippen LogP contribution in [-0.4, -0.2) is 71.3 Å². The zero-order valence-corrected chi connectivity index (χ0v) is 36.6. The number of aryl methyl sites for hydroxylation is 1. The number of piperidine rings is 2. The van der Waals surface area contributed by atoms with Crippen LogP contribution in [0.4, 0.5) is 8.78 Å². The van der Waals surface area contributed by atoms with Crippen molar-refractivity contribution in [2.45, 2.75) is 83.5 Å². The van der Waals surface area contributed by atoms with E-state index >= 15 is 0 Å². The van der Waals surface area contributed by atoms with E-state index in [2.05, 4.69) is 30.1 Å². The first-order chi connectivity index (χ1) is 30.7. The van der Waals surface area contributed by atoms with E-state index in [0.29, 0.717) is 42.6 Å². The van der Waals surface area contributed by atoms with E-state index in [1.54, 1.807) is 12.1 Å². The van der Waals surface area contributed by atoms with Crippen LogP contribution >= 0.6 is 0 Å². The maximum atomic E-state index is 14.8. The summed E-state index contributed by atoms with van der Waals surface area (Å²) >= 11 is 0. The number of aliphatic imine (C=N–C) groups is 2. The highest BCUT2D eigenvalue weighted by molar-refractivity contribution is 5.78. The smallest absolute Gasteiger partial charge is 0.191 e. The molecule has 8 rings (SSSR count). The van der Waals surface area contributed by atoms with Crippen molar-refractivity contribution >= 4 is 11.9 Å². The molecule has 4 heterocycles. The molecule has 0 amide bonds. The van der Waals surface area contributed by atoms with Gasteiger partial charge in [-0.15, -0.1) is 0 Å². The summed E-state index contributed by atoms with van der Waals surface area (Å²) in [5.74, 6) is 2.08. The Morgan fingerprint density at radius 2 is 1.00 bits per heavy atom. The number of likely N-dealkylation sites (tertiary alicyclic amines) is 2. The van der Waals surface area contributed by atoms with Crippen LogP contribution in [0, 0.1) is 11.6 Å². The molecule has 4 aromatic carbocycles. The summed E-state index contributed by atoms with van der Waals surface area (Å²) in [6.07, 6.45) is 9.56. The number of benzene rings is 4. The van der Waals surface area contributed by atoms with Gasteiger partial charge < -0.3 is 30.3 Å². The largest absolute Gasteiger partial charge is 0.370 e. The minimum atomic E-state index is -0.238. The summed E-state index contributed by atoms with van der Waals surface area (Å²) in [5, 5.41) is 8.37. The van der Waals surface area contributed by atoms with Crippen molar-refractivity contribution in [1.29, 1.82) is 0 Å². The molecule has 2 aliphatic heterocycles. The predicted molar refractivity (Wildman–Crippen MR) is 248 cm³/mol. The zero-order valence-electron chi connectivity index (χ0n) is 36.6. The van der Waals surface area contributed by atoms with Crippen LogP contribution < -0.4 is 11.5 Å². The second-order valence-electron chi connectivity index (χ2n) is 16.5. The Kier molecular flexibility index (Phi) is 15.7. The highest BCUT2D eigenvalue weighted by Crippen LogP contribution is 2.31. The quantitative estimate of drug-likeness (QED) is 0.0666. The number of hydrogen-bond acceptors (Lipinski definition) is 6. The molecule has 2 saturated heterocycles. The van der Waals surface area contributed by atoms with Gasteiger partial charge in [0.1, 0.15) is 23.2 Å². The van der Waals surface area contributed by atoms with Gasteiger partial charge in [0.25, 0.3) is 0 Å². The standard InChI is InChI=1S/C26H31FN4O.C25H29FN4O/c1-19(21-12-13-23(24(27)17-21)20-9-4-2-5-10-20)25-18-22(30-32-25)11-8-14-29-26(28)31-15-6-3-7-16-31;1-18(20-10-11-22(23(26)16-20)19-8-4-2-5-9-19)24-17-21(29-31-24)12-13-28-25(27)30-14-6-3-7-15-30/h2,4-5,9-10,12-13,17-19H,3,6-8,11,14-16H2,1H3,(H2,28,29);2,4-5,8-11,16-18H,3,6-7,12-15H2,1H3,(H2,27,28). The van der Waals surface area contributed by atoms with Gasteiger partial charge in [0.2, 0.25) is 0 Å². The summed E-state index contributed by atoms with van der Waals surface area (Å²) in [6, 6.07) is 33.8. The molecule has 0 saturated carbocycles. The van der Waals surface area contributed by atoms with Crippen molar-refractivity contribution in [3.8, 4) is 22.3 Å². The van der Waals surface area contributed by atoms with Gasteiger partial charge in [0.15, 0.2) is 11.9 Å². The summed E-state index contributed by atoms with van der Waals surface area (Å²) in [7, 11) is 0. The molecule has 0 spiro atoms. The van der Waals surface area contributed by atoms with E-state index in [-0.39, 0.29) is 23.5 Å². The van der Waals surface area contributed by atoms with E-state index in [1.165, 1.54) is 38.5 Å². The van der Waals surface area contributed by atoms with Crippen LogP contribution in [0.1, 0.15) is 105 Å². The molecule has 2 aliphatic rings. The molecule has 2 fully saturated rings. The summed E-state index contributed by atoms with van der Waals surface area (Å²) in [4.78, 5) is 13.3. The summed E-state index contributed by atoms with van der Waals surface area (Å²) in [5.41, 5.74) is 18.6. The minimum absolute atomic E-state index is 0.0802. The lowest BCUT2D eigenvalue weighted by molar-refractivity contribution is 0.338. The Hall–Kier alpha value is -6.30. The SMILES string of the molecule is CC(c1ccc(-c2ccccc2)c(F)c1)c1cc(CCCN=C(N)N2CCCCC2)no1.CC(c1ccc(-c2ccccc2)c(F)c1)c1cc(CCN=C(N)N2CCCCC2)no1. The number of rotatable bonds is 13. The maximum absolute atomic E-state index is 14.8. The second kappa shape index (κ2) is 22.2. The average molecular weight is 855 g/mol. The van der Waals surface area contributed by atoms with Gasteiger partial charge in [-0.2, -0.15) is 0 Å². The van der Waals surface area contributed by atoms with Gasteiger partial charge in [-0.3, -0.25) is 9.98 Å². The Bertz CT molecular complexity index is 2400. The molecule has 330 valence electrons. The van der Waals surface area contributed by atoms with E-state index in [4.69, 9.17) is 20.5 Å². The molecule has 2 aromatic heterocycles. The van der Waals surface area contributed by atoms with E-state index in [1.807, 2.05) is 111 Å². The van der Waals surface area contributed by atoms with Gasteiger partial charge in [0.05, 0.1) is 11.4 Å². The first kappa shape index (κ1) is 44.7. The molecule has 10 nitrogen and oxygen atoms in total. The van der Waals surface area contributed by atoms with Crippen LogP contribution in [0.25, 0.3) is 22.3 Å². The molecule has 12 heteroatoms. The first-order valence-electron chi connectivity index (χ1n) is 22.4. The van der Waals surface area contributed by atoms with Crippen molar-refractivity contribution in [3.63, 3.8) is 0 Å². The highest BCUT2D eigenvalue weighted by atomic mass is 19.1. The minimum Gasteiger partial charge on any atom is -0.370 e. The molecule has 63 heavy (non-hydrogen) atoms. The van der Waals surface area contributed by atoms with Crippen LogP contribution in [0.3, 0.4) is 0 Å². The summed E-state index contributed by atoms with van der Waals surface area (Å²) < 4.78 is 40.6. The third-order valence-electron chi connectivity index (χ3n) is 12.0. The number of nitrogens with zero attached hydrogens (tertiary/aromatic N) is 6. The molecule has 2 unspecified atom stereocenters. The molecule has 0 bridgehead atoms. The average Bonchev–Trinajstić information content (AvgIpc) is 4.02. The Morgan fingerprint density at radius 3 is 1.44 bits per heavy atom. The Labute approximate surface area is 370 Å². The van der Waals surface area contributed by atoms with Crippen molar-refractivity contribution in [3.05, 3.63) is 155 Å². The lowest BCUT2D eigenvalue weighted by Crippen LogP contribution is -2.41. The number of aromatic nitrogens is 2. The zero-order chi connectivity index (χ0) is 44.0. The topological polar surface area (TPSA) is 135 Å². The lowest BCUT2D eigenvalue weighted by atomic mass is 9.95. The van der Waals surface area contributed by atoms with Crippen molar-refractivity contribution in [1.82, 2.24) is 20.1 Å². The number of hydrogen-bond donors (Lipinski definition) is 2. The fraction of sp³-hybridized carbons (Fsp3) is 0.373. The van der Waals surface area contributed by atoms with Gasteiger partial charge in [-0.05, 0) is 85.8 Å². The highest BCUT2D eigenvalue weighted by Gasteiger charge is 2.19. The fourth-order valence-electron chi connectivity index (χ4n) is 8.12. The molecular formula is C51H60F2N8O2. The monoisotopic (exact) mass is 854 g/mol. The van der Waals surface area contributed by atoms with Crippen LogP contribution in [0.15, 0.2) is 128 Å². The van der Waals surface area contributed by atoms with E-state index in [0.717, 1.165) is 84.2 Å². The van der Waals surface area contributed by atoms with Crippen LogP contribution in [0.5, 0.6) is 0 Å². The lowest BCUT2D eigenvalue weighted by Gasteiger charge is -2.27. The summed E-state index contributed by atoms with van der Waals surface area (Å²) in [6.45, 7) is 9.23. The van der Waals surface area contributed by atoms with E-state index in [9.17, 15) is 8.78 Å². The van der Waals surface area contributed by atoms with Crippen LogP contribution in [-0.2, 0) is 12.8 Å². The van der Waals surface area contributed by atoms with Gasteiger partial charge in [-0.25, -0.2) is 8.78 Å². The second-order valence-corrected chi connectivity index (χ2v) is 16.5. The maximum Gasteiger partial charge on any atom is 0.191 e.